The Labute approximate surface area is 130 Å². The molecule has 1 aliphatic carbocycles. The van der Waals surface area contributed by atoms with Gasteiger partial charge in [0.25, 0.3) is 0 Å². The Hall–Kier alpha value is -0.570. The summed E-state index contributed by atoms with van der Waals surface area (Å²) in [5, 5.41) is 3.62. The van der Waals surface area contributed by atoms with E-state index in [1.807, 2.05) is 0 Å². The predicted octanol–water partition coefficient (Wildman–Crippen LogP) is 3.78. The highest BCUT2D eigenvalue weighted by molar-refractivity contribution is 5.84. The van der Waals surface area contributed by atoms with Gasteiger partial charge in [-0.15, -0.1) is 0 Å². The third kappa shape index (κ3) is 3.44. The lowest BCUT2D eigenvalue weighted by molar-refractivity contribution is -0.135. The highest BCUT2D eigenvalue weighted by Gasteiger charge is 2.46. The van der Waals surface area contributed by atoms with Crippen molar-refractivity contribution in [3.05, 3.63) is 0 Å². The van der Waals surface area contributed by atoms with Crippen LogP contribution < -0.4 is 5.32 Å². The Bertz CT molecular complexity index is 353. The molecule has 2 aliphatic rings. The van der Waals surface area contributed by atoms with E-state index in [1.54, 1.807) is 0 Å². The van der Waals surface area contributed by atoms with Crippen LogP contribution in [-0.4, -0.2) is 29.1 Å². The first-order valence-corrected chi connectivity index (χ1v) is 9.05. The third-order valence-electron chi connectivity index (χ3n) is 5.43. The Kier molecular flexibility index (Phi) is 5.70. The second-order valence-corrected chi connectivity index (χ2v) is 7.70. The summed E-state index contributed by atoms with van der Waals surface area (Å²) in [5.41, 5.74) is 0. The molecule has 1 saturated heterocycles. The van der Waals surface area contributed by atoms with E-state index in [0.29, 0.717) is 29.7 Å². The Balaban J connectivity index is 2.22. The van der Waals surface area contributed by atoms with Crippen LogP contribution in [0.3, 0.4) is 0 Å². The number of nitrogens with one attached hydrogen (secondary N) is 1. The molecule has 0 spiro atoms. The molecule has 1 N–H and O–H groups in total. The molecule has 0 bridgehead atoms. The maximum absolute atomic E-state index is 12.9. The fourth-order valence-electron chi connectivity index (χ4n) is 4.32. The highest BCUT2D eigenvalue weighted by Crippen LogP contribution is 2.37. The minimum atomic E-state index is 0.0529. The summed E-state index contributed by atoms with van der Waals surface area (Å²) in [5.74, 6) is 2.19. The minimum absolute atomic E-state index is 0.0529. The number of hydrogen-bond donors (Lipinski definition) is 1. The number of rotatable bonds is 5. The van der Waals surface area contributed by atoms with Crippen LogP contribution in [-0.2, 0) is 4.79 Å². The molecule has 4 atom stereocenters. The van der Waals surface area contributed by atoms with Crippen LogP contribution in [0.5, 0.6) is 0 Å². The van der Waals surface area contributed by atoms with E-state index in [9.17, 15) is 4.79 Å². The maximum Gasteiger partial charge on any atom is 0.241 e. The summed E-state index contributed by atoms with van der Waals surface area (Å²) in [6.07, 6.45) is 7.37. The van der Waals surface area contributed by atoms with Crippen LogP contribution in [0.4, 0.5) is 0 Å². The molecule has 2 fully saturated rings. The normalized spacial score (nSPS) is 34.2. The molecule has 3 nitrogen and oxygen atoms in total. The van der Waals surface area contributed by atoms with Gasteiger partial charge in [0.05, 0.1) is 12.2 Å². The number of amides is 1. The summed E-state index contributed by atoms with van der Waals surface area (Å²) in [7, 11) is 0. The van der Waals surface area contributed by atoms with Crippen molar-refractivity contribution in [2.24, 2.45) is 17.8 Å². The Morgan fingerprint density at radius 3 is 2.38 bits per heavy atom. The highest BCUT2D eigenvalue weighted by atomic mass is 16.2. The summed E-state index contributed by atoms with van der Waals surface area (Å²) in [6, 6.07) is 0.505. The lowest BCUT2D eigenvalue weighted by atomic mass is 9.76. The zero-order valence-corrected chi connectivity index (χ0v) is 14.6. The van der Waals surface area contributed by atoms with Crippen LogP contribution in [0.2, 0.25) is 0 Å². The maximum atomic E-state index is 12.9. The number of carbonyl (C=O) groups is 1. The van der Waals surface area contributed by atoms with E-state index >= 15 is 0 Å². The van der Waals surface area contributed by atoms with Crippen molar-refractivity contribution in [3.63, 3.8) is 0 Å². The van der Waals surface area contributed by atoms with Crippen LogP contribution in [0.1, 0.15) is 73.1 Å². The van der Waals surface area contributed by atoms with Crippen LogP contribution in [0.15, 0.2) is 0 Å². The van der Waals surface area contributed by atoms with Gasteiger partial charge in [0.15, 0.2) is 0 Å². The van der Waals surface area contributed by atoms with Crippen molar-refractivity contribution in [2.45, 2.75) is 91.4 Å². The number of hydrogen-bond acceptors (Lipinski definition) is 2. The van der Waals surface area contributed by atoms with Crippen molar-refractivity contribution >= 4 is 5.91 Å². The van der Waals surface area contributed by atoms with Crippen LogP contribution in [0.25, 0.3) is 0 Å². The van der Waals surface area contributed by atoms with E-state index in [0.717, 1.165) is 12.8 Å². The second kappa shape index (κ2) is 7.13. The van der Waals surface area contributed by atoms with Crippen molar-refractivity contribution in [1.82, 2.24) is 10.2 Å². The molecule has 122 valence electrons. The smallest absolute Gasteiger partial charge is 0.241 e. The van der Waals surface area contributed by atoms with E-state index in [2.05, 4.69) is 44.8 Å². The molecule has 0 aromatic carbocycles. The fraction of sp³-hybridized carbons (Fsp3) is 0.944. The molecule has 4 unspecified atom stereocenters. The molecular weight excluding hydrogens is 260 g/mol. The topological polar surface area (TPSA) is 32.3 Å². The average Bonchev–Trinajstić information content (AvgIpc) is 2.77. The number of nitrogens with zero attached hydrogens (tertiary/aromatic N) is 1. The second-order valence-electron chi connectivity index (χ2n) is 7.70. The first-order chi connectivity index (χ1) is 9.97. The third-order valence-corrected chi connectivity index (χ3v) is 5.43. The van der Waals surface area contributed by atoms with Gasteiger partial charge in [0, 0.05) is 6.04 Å². The quantitative estimate of drug-likeness (QED) is 0.837. The largest absolute Gasteiger partial charge is 0.322 e. The first kappa shape index (κ1) is 16.8. The molecule has 1 aliphatic heterocycles. The summed E-state index contributed by atoms with van der Waals surface area (Å²) >= 11 is 0. The monoisotopic (exact) mass is 294 g/mol. The summed E-state index contributed by atoms with van der Waals surface area (Å²) in [4.78, 5) is 15.2. The van der Waals surface area contributed by atoms with Crippen LogP contribution in [0, 0.1) is 17.8 Å². The molecule has 1 heterocycles. The van der Waals surface area contributed by atoms with Gasteiger partial charge in [-0.3, -0.25) is 10.1 Å². The van der Waals surface area contributed by atoms with Gasteiger partial charge in [-0.2, -0.15) is 0 Å². The molecule has 21 heavy (non-hydrogen) atoms. The predicted molar refractivity (Wildman–Crippen MR) is 87.9 cm³/mol. The molecule has 1 saturated carbocycles. The van der Waals surface area contributed by atoms with Gasteiger partial charge in [0.2, 0.25) is 5.91 Å². The van der Waals surface area contributed by atoms with E-state index in [4.69, 9.17) is 0 Å². The zero-order chi connectivity index (χ0) is 15.6. The van der Waals surface area contributed by atoms with Gasteiger partial charge >= 0.3 is 0 Å². The van der Waals surface area contributed by atoms with Crippen molar-refractivity contribution in [1.29, 1.82) is 0 Å². The molecule has 0 radical (unpaired) electrons. The SMILES string of the molecule is CCCC1NC(C(C)C)N(C2CCCCC2C(C)C)C1=O. The van der Waals surface area contributed by atoms with Crippen molar-refractivity contribution < 1.29 is 4.79 Å². The summed E-state index contributed by atoms with van der Waals surface area (Å²) in [6.45, 7) is 11.3. The average molecular weight is 294 g/mol. The van der Waals surface area contributed by atoms with E-state index < -0.39 is 0 Å². The van der Waals surface area contributed by atoms with Crippen LogP contribution >= 0.6 is 0 Å². The molecule has 1 amide bonds. The zero-order valence-electron chi connectivity index (χ0n) is 14.6. The number of carbonyl (C=O) groups excluding carboxylic acids is 1. The van der Waals surface area contributed by atoms with Gasteiger partial charge < -0.3 is 4.90 Å². The summed E-state index contributed by atoms with van der Waals surface area (Å²) < 4.78 is 0. The van der Waals surface area contributed by atoms with Gasteiger partial charge in [-0.25, -0.2) is 0 Å². The van der Waals surface area contributed by atoms with E-state index in [-0.39, 0.29) is 12.2 Å². The van der Waals surface area contributed by atoms with Gasteiger partial charge in [0.1, 0.15) is 0 Å². The van der Waals surface area contributed by atoms with Crippen molar-refractivity contribution in [3.8, 4) is 0 Å². The molecule has 3 heteroatoms. The standard InChI is InChI=1S/C18H34N2O/c1-6-9-15-18(21)20(17(19-15)13(4)5)16-11-8-7-10-14(16)12(2)3/h12-17,19H,6-11H2,1-5H3. The fourth-order valence-corrected chi connectivity index (χ4v) is 4.32. The molecule has 0 aromatic rings. The molecular formula is C18H34N2O. The minimum Gasteiger partial charge on any atom is -0.322 e. The van der Waals surface area contributed by atoms with Gasteiger partial charge in [-0.05, 0) is 37.0 Å². The Morgan fingerprint density at radius 1 is 1.14 bits per heavy atom. The van der Waals surface area contributed by atoms with Gasteiger partial charge in [-0.1, -0.05) is 53.9 Å². The lowest BCUT2D eigenvalue weighted by Crippen LogP contribution is -2.52. The Morgan fingerprint density at radius 2 is 1.81 bits per heavy atom. The van der Waals surface area contributed by atoms with E-state index in [1.165, 1.54) is 25.7 Å². The lowest BCUT2D eigenvalue weighted by Gasteiger charge is -2.43. The molecule has 0 aromatic heterocycles. The van der Waals surface area contributed by atoms with Crippen molar-refractivity contribution in [2.75, 3.05) is 0 Å². The first-order valence-electron chi connectivity index (χ1n) is 9.05. The molecule has 2 rings (SSSR count).